The first-order chi connectivity index (χ1) is 15.0. The average Bonchev–Trinajstić information content (AvgIpc) is 2.79. The Morgan fingerprint density at radius 1 is 1.03 bits per heavy atom. The molecule has 9 heteroatoms. The average molecular weight is 425 g/mol. The number of piperazine rings is 1. The predicted molar refractivity (Wildman–Crippen MR) is 120 cm³/mol. The number of aliphatic imine (C=N–C) groups is 1. The number of phenolic OH excluding ortho intramolecular Hbond substituents is 1. The zero-order valence-corrected chi connectivity index (χ0v) is 17.5. The van der Waals surface area contributed by atoms with Crippen LogP contribution in [0.15, 0.2) is 53.5 Å². The van der Waals surface area contributed by atoms with Gasteiger partial charge < -0.3 is 31.3 Å². The molecule has 2 amide bonds. The first-order valence-electron chi connectivity index (χ1n) is 10.1. The molecule has 0 bridgehead atoms. The molecule has 0 spiro atoms. The molecule has 5 N–H and O–H groups in total. The Hall–Kier alpha value is -3.75. The number of benzene rings is 2. The van der Waals surface area contributed by atoms with Crippen molar-refractivity contribution < 1.29 is 14.7 Å². The lowest BCUT2D eigenvalue weighted by Gasteiger charge is -2.37. The van der Waals surface area contributed by atoms with Gasteiger partial charge in [-0.15, -0.1) is 0 Å². The second-order valence-corrected chi connectivity index (χ2v) is 7.21. The Kier molecular flexibility index (Phi) is 7.31. The summed E-state index contributed by atoms with van der Waals surface area (Å²) in [5.74, 6) is 0.184. The molecule has 9 nitrogen and oxygen atoms in total. The highest BCUT2D eigenvalue weighted by molar-refractivity contribution is 5.96. The van der Waals surface area contributed by atoms with Gasteiger partial charge in [0.2, 0.25) is 5.91 Å². The number of phenols is 1. The first kappa shape index (κ1) is 21.9. The lowest BCUT2D eigenvalue weighted by Crippen LogP contribution is -2.52. The Morgan fingerprint density at radius 2 is 1.71 bits per heavy atom. The van der Waals surface area contributed by atoms with E-state index in [1.165, 1.54) is 0 Å². The van der Waals surface area contributed by atoms with E-state index in [0.29, 0.717) is 17.9 Å². The van der Waals surface area contributed by atoms with Gasteiger partial charge in [0, 0.05) is 45.3 Å². The van der Waals surface area contributed by atoms with Crippen LogP contribution in [0, 0.1) is 0 Å². The number of amides is 2. The maximum absolute atomic E-state index is 11.9. The van der Waals surface area contributed by atoms with Crippen molar-refractivity contribution in [1.29, 1.82) is 0 Å². The number of nitrogens with one attached hydrogen (secondary N) is 2. The normalized spacial score (nSPS) is 14.3. The van der Waals surface area contributed by atoms with Crippen LogP contribution in [0.2, 0.25) is 0 Å². The SMILES string of the molecule is CN=C(NCc1ccc(C(=O)NCC(N)=O)cc1)N1CCN(c2ccccc2O)CC1. The highest BCUT2D eigenvalue weighted by atomic mass is 16.3. The molecule has 0 aliphatic carbocycles. The van der Waals surface area contributed by atoms with Gasteiger partial charge in [-0.3, -0.25) is 14.6 Å². The maximum Gasteiger partial charge on any atom is 0.251 e. The number of nitrogens with zero attached hydrogens (tertiary/aromatic N) is 3. The summed E-state index contributed by atoms with van der Waals surface area (Å²) in [4.78, 5) is 31.5. The summed E-state index contributed by atoms with van der Waals surface area (Å²) in [7, 11) is 1.75. The molecule has 0 saturated carbocycles. The van der Waals surface area contributed by atoms with Crippen LogP contribution in [0.25, 0.3) is 0 Å². The second kappa shape index (κ2) is 10.3. The minimum atomic E-state index is -0.582. The van der Waals surface area contributed by atoms with E-state index >= 15 is 0 Å². The Morgan fingerprint density at radius 3 is 2.32 bits per heavy atom. The van der Waals surface area contributed by atoms with Gasteiger partial charge in [-0.25, -0.2) is 0 Å². The third-order valence-corrected chi connectivity index (χ3v) is 5.10. The zero-order chi connectivity index (χ0) is 22.2. The predicted octanol–water partition coefficient (Wildman–Crippen LogP) is 0.505. The number of hydrogen-bond donors (Lipinski definition) is 4. The van der Waals surface area contributed by atoms with Crippen molar-refractivity contribution in [3.63, 3.8) is 0 Å². The number of carbonyl (C=O) groups is 2. The van der Waals surface area contributed by atoms with Crippen LogP contribution in [-0.4, -0.2) is 67.6 Å². The molecular weight excluding hydrogens is 396 g/mol. The van der Waals surface area contributed by atoms with Crippen LogP contribution in [0.1, 0.15) is 15.9 Å². The van der Waals surface area contributed by atoms with Gasteiger partial charge in [0.25, 0.3) is 5.91 Å². The van der Waals surface area contributed by atoms with Gasteiger partial charge >= 0.3 is 0 Å². The summed E-state index contributed by atoms with van der Waals surface area (Å²) >= 11 is 0. The van der Waals surface area contributed by atoms with Gasteiger partial charge in [-0.1, -0.05) is 24.3 Å². The third-order valence-electron chi connectivity index (χ3n) is 5.10. The minimum Gasteiger partial charge on any atom is -0.506 e. The number of aromatic hydroxyl groups is 1. The molecular formula is C22H28N6O3. The van der Waals surface area contributed by atoms with Crippen molar-refractivity contribution in [1.82, 2.24) is 15.5 Å². The molecule has 1 saturated heterocycles. The van der Waals surface area contributed by atoms with Gasteiger partial charge in [-0.05, 0) is 29.8 Å². The van der Waals surface area contributed by atoms with Crippen molar-refractivity contribution in [2.45, 2.75) is 6.54 Å². The molecule has 3 rings (SSSR count). The highest BCUT2D eigenvalue weighted by Crippen LogP contribution is 2.27. The number of para-hydroxylation sites is 2. The van der Waals surface area contributed by atoms with Crippen LogP contribution in [-0.2, 0) is 11.3 Å². The number of nitrogens with two attached hydrogens (primary N) is 1. The summed E-state index contributed by atoms with van der Waals surface area (Å²) in [6, 6.07) is 14.5. The van der Waals surface area contributed by atoms with Crippen LogP contribution < -0.4 is 21.3 Å². The Bertz CT molecular complexity index is 937. The second-order valence-electron chi connectivity index (χ2n) is 7.21. The molecule has 0 radical (unpaired) electrons. The summed E-state index contributed by atoms with van der Waals surface area (Å²) in [5, 5.41) is 15.9. The fourth-order valence-corrected chi connectivity index (χ4v) is 3.45. The van der Waals surface area contributed by atoms with Crippen LogP contribution in [0.5, 0.6) is 5.75 Å². The summed E-state index contributed by atoms with van der Waals surface area (Å²) in [6.45, 7) is 3.52. The number of hydrogen-bond acceptors (Lipinski definition) is 5. The molecule has 2 aromatic carbocycles. The third kappa shape index (κ3) is 5.88. The van der Waals surface area contributed by atoms with Crippen molar-refractivity contribution in [2.75, 3.05) is 44.7 Å². The molecule has 1 fully saturated rings. The van der Waals surface area contributed by atoms with Crippen LogP contribution >= 0.6 is 0 Å². The monoisotopic (exact) mass is 424 g/mol. The molecule has 0 unspecified atom stereocenters. The molecule has 1 aliphatic rings. The van der Waals surface area contributed by atoms with E-state index in [0.717, 1.165) is 43.4 Å². The Balaban J connectivity index is 1.50. The summed E-state index contributed by atoms with van der Waals surface area (Å²) in [6.07, 6.45) is 0. The van der Waals surface area contributed by atoms with E-state index in [9.17, 15) is 14.7 Å². The van der Waals surface area contributed by atoms with E-state index in [-0.39, 0.29) is 12.5 Å². The van der Waals surface area contributed by atoms with E-state index in [1.54, 1.807) is 25.2 Å². The highest BCUT2D eigenvalue weighted by Gasteiger charge is 2.21. The summed E-state index contributed by atoms with van der Waals surface area (Å²) in [5.41, 5.74) is 7.36. The molecule has 1 heterocycles. The number of guanidine groups is 1. The fourth-order valence-electron chi connectivity index (χ4n) is 3.45. The molecule has 0 aromatic heterocycles. The fraction of sp³-hybridized carbons (Fsp3) is 0.318. The van der Waals surface area contributed by atoms with E-state index in [4.69, 9.17) is 5.73 Å². The van der Waals surface area contributed by atoms with Gasteiger partial charge in [0.1, 0.15) is 5.75 Å². The number of anilines is 1. The van der Waals surface area contributed by atoms with Crippen molar-refractivity contribution >= 4 is 23.5 Å². The van der Waals surface area contributed by atoms with Crippen molar-refractivity contribution in [3.05, 3.63) is 59.7 Å². The number of rotatable bonds is 6. The van der Waals surface area contributed by atoms with E-state index in [2.05, 4.69) is 25.4 Å². The zero-order valence-electron chi connectivity index (χ0n) is 17.5. The quantitative estimate of drug-likeness (QED) is 0.396. The minimum absolute atomic E-state index is 0.185. The topological polar surface area (TPSA) is 123 Å². The largest absolute Gasteiger partial charge is 0.506 e. The van der Waals surface area contributed by atoms with Gasteiger partial charge in [-0.2, -0.15) is 0 Å². The maximum atomic E-state index is 11.9. The number of carbonyl (C=O) groups excluding carboxylic acids is 2. The molecule has 2 aromatic rings. The number of primary amides is 1. The van der Waals surface area contributed by atoms with E-state index < -0.39 is 5.91 Å². The molecule has 31 heavy (non-hydrogen) atoms. The lowest BCUT2D eigenvalue weighted by molar-refractivity contribution is -0.117. The standard InChI is InChI=1S/C22H28N6O3/c1-24-22(28-12-10-27(11-13-28)18-4-2-3-5-19(18)29)26-14-16-6-8-17(9-7-16)21(31)25-15-20(23)30/h2-9,29H,10-15H2,1H3,(H2,23,30)(H,24,26)(H,25,31). The smallest absolute Gasteiger partial charge is 0.251 e. The Labute approximate surface area is 181 Å². The molecule has 1 aliphatic heterocycles. The van der Waals surface area contributed by atoms with Gasteiger partial charge in [0.05, 0.1) is 12.2 Å². The van der Waals surface area contributed by atoms with E-state index in [1.807, 2.05) is 30.3 Å². The van der Waals surface area contributed by atoms with Crippen LogP contribution in [0.4, 0.5) is 5.69 Å². The summed E-state index contributed by atoms with van der Waals surface area (Å²) < 4.78 is 0. The van der Waals surface area contributed by atoms with Gasteiger partial charge in [0.15, 0.2) is 5.96 Å². The molecule has 164 valence electrons. The lowest BCUT2D eigenvalue weighted by atomic mass is 10.1. The van der Waals surface area contributed by atoms with Crippen LogP contribution in [0.3, 0.4) is 0 Å². The van der Waals surface area contributed by atoms with Crippen molar-refractivity contribution in [2.24, 2.45) is 10.7 Å². The molecule has 0 atom stereocenters. The first-order valence-corrected chi connectivity index (χ1v) is 10.1. The van der Waals surface area contributed by atoms with Crippen molar-refractivity contribution in [3.8, 4) is 5.75 Å².